The number of hydrogen-bond donors (Lipinski definition) is 0. The van der Waals surface area contributed by atoms with Crippen LogP contribution in [0.2, 0.25) is 0 Å². The number of anilines is 2. The minimum absolute atomic E-state index is 0.0825. The van der Waals surface area contributed by atoms with Gasteiger partial charge in [-0.1, -0.05) is 0 Å². The monoisotopic (exact) mass is 431 g/mol. The number of nitrogens with zero attached hydrogens (tertiary/aromatic N) is 5. The number of halogens is 3. The van der Waals surface area contributed by atoms with E-state index in [4.69, 9.17) is 0 Å². The van der Waals surface area contributed by atoms with Crippen molar-refractivity contribution >= 4 is 21.5 Å². The van der Waals surface area contributed by atoms with Crippen molar-refractivity contribution in [1.82, 2.24) is 14.5 Å². The molecule has 0 atom stereocenters. The highest BCUT2D eigenvalue weighted by Gasteiger charge is 2.32. The zero-order chi connectivity index (χ0) is 21.2. The summed E-state index contributed by atoms with van der Waals surface area (Å²) in [6, 6.07) is 6.07. The predicted octanol–water partition coefficient (Wildman–Crippen LogP) is 1.95. The summed E-state index contributed by atoms with van der Waals surface area (Å²) in [5, 5.41) is 7.99. The fourth-order valence-corrected chi connectivity index (χ4v) is 4.31. The van der Waals surface area contributed by atoms with Crippen molar-refractivity contribution in [3.05, 3.63) is 36.5 Å². The van der Waals surface area contributed by atoms with Crippen LogP contribution in [-0.2, 0) is 10.0 Å². The molecule has 2 heterocycles. The summed E-state index contributed by atoms with van der Waals surface area (Å²) in [6.07, 6.45) is -3.21. The second kappa shape index (κ2) is 8.03. The van der Waals surface area contributed by atoms with Crippen LogP contribution >= 0.6 is 0 Å². The summed E-state index contributed by atoms with van der Waals surface area (Å²) in [5.74, 6) is 0.224. The van der Waals surface area contributed by atoms with Gasteiger partial charge in [-0.05, 0) is 24.3 Å². The van der Waals surface area contributed by atoms with Gasteiger partial charge in [-0.3, -0.25) is 0 Å². The molecule has 158 valence electrons. The summed E-state index contributed by atoms with van der Waals surface area (Å²) in [4.78, 5) is 3.75. The first-order chi connectivity index (χ1) is 13.6. The van der Waals surface area contributed by atoms with E-state index in [1.165, 1.54) is 4.31 Å². The van der Waals surface area contributed by atoms with Gasteiger partial charge < -0.3 is 14.5 Å². The number of hydrogen-bond acceptors (Lipinski definition) is 7. The Bertz CT molecular complexity index is 944. The van der Waals surface area contributed by atoms with Crippen LogP contribution in [0.25, 0.3) is 0 Å². The molecule has 1 aromatic carbocycles. The number of ether oxygens (including phenoxy) is 1. The molecule has 1 aliphatic heterocycles. The Morgan fingerprint density at radius 3 is 2.24 bits per heavy atom. The average molecular weight is 431 g/mol. The lowest BCUT2D eigenvalue weighted by atomic mass is 10.3. The first-order valence-electron chi connectivity index (χ1n) is 8.67. The maximum absolute atomic E-state index is 12.8. The number of benzene rings is 1. The normalized spacial score (nSPS) is 16.0. The minimum Gasteiger partial charge on any atom is -0.406 e. The molecular formula is C17H20F3N5O3S. The molecule has 0 saturated carbocycles. The second-order valence-corrected chi connectivity index (χ2v) is 8.51. The zero-order valence-electron chi connectivity index (χ0n) is 15.8. The molecule has 0 spiro atoms. The van der Waals surface area contributed by atoms with Crippen molar-refractivity contribution in [2.24, 2.45) is 0 Å². The quantitative estimate of drug-likeness (QED) is 0.716. The third-order valence-electron chi connectivity index (χ3n) is 4.38. The molecule has 1 aromatic heterocycles. The van der Waals surface area contributed by atoms with E-state index in [-0.39, 0.29) is 18.0 Å². The average Bonchev–Trinajstić information content (AvgIpc) is 2.67. The summed E-state index contributed by atoms with van der Waals surface area (Å²) in [5.41, 5.74) is 0.842. The van der Waals surface area contributed by atoms with Gasteiger partial charge in [0.1, 0.15) is 5.75 Å². The third kappa shape index (κ3) is 5.07. The van der Waals surface area contributed by atoms with Gasteiger partial charge in [0, 0.05) is 46.3 Å². The summed E-state index contributed by atoms with van der Waals surface area (Å²) >= 11 is 0. The van der Waals surface area contributed by atoms with E-state index in [2.05, 4.69) is 14.9 Å². The SMILES string of the molecule is CN(C)c1cc(N2CCN(S(=O)(=O)c3ccc(OC(F)(F)F)cc3)CC2)cnn1. The first kappa shape index (κ1) is 21.1. The fourth-order valence-electron chi connectivity index (χ4n) is 2.89. The van der Waals surface area contributed by atoms with Crippen molar-refractivity contribution in [1.29, 1.82) is 0 Å². The lowest BCUT2D eigenvalue weighted by Gasteiger charge is -2.35. The van der Waals surface area contributed by atoms with Gasteiger partial charge in [0.25, 0.3) is 0 Å². The van der Waals surface area contributed by atoms with E-state index in [1.807, 2.05) is 30.0 Å². The smallest absolute Gasteiger partial charge is 0.406 e. The molecule has 0 bridgehead atoms. The predicted molar refractivity (Wildman–Crippen MR) is 100 cm³/mol. The molecule has 29 heavy (non-hydrogen) atoms. The van der Waals surface area contributed by atoms with Crippen LogP contribution in [0, 0.1) is 0 Å². The molecule has 3 rings (SSSR count). The van der Waals surface area contributed by atoms with Crippen LogP contribution in [0.1, 0.15) is 0 Å². The Kier molecular flexibility index (Phi) is 5.85. The summed E-state index contributed by atoms with van der Waals surface area (Å²) in [7, 11) is -0.115. The molecule has 1 saturated heterocycles. The Morgan fingerprint density at radius 2 is 1.69 bits per heavy atom. The van der Waals surface area contributed by atoms with Crippen LogP contribution in [0.5, 0.6) is 5.75 Å². The lowest BCUT2D eigenvalue weighted by molar-refractivity contribution is -0.274. The molecule has 0 amide bonds. The Hall–Kier alpha value is -2.60. The maximum atomic E-state index is 12.8. The Labute approximate surface area is 166 Å². The summed E-state index contributed by atoms with van der Waals surface area (Å²) < 4.78 is 67.4. The van der Waals surface area contributed by atoms with E-state index in [9.17, 15) is 21.6 Å². The molecule has 8 nitrogen and oxygen atoms in total. The van der Waals surface area contributed by atoms with Crippen molar-refractivity contribution in [2.45, 2.75) is 11.3 Å². The van der Waals surface area contributed by atoms with Gasteiger partial charge in [-0.15, -0.1) is 18.3 Å². The van der Waals surface area contributed by atoms with Gasteiger partial charge in [-0.25, -0.2) is 8.42 Å². The molecule has 2 aromatic rings. The van der Waals surface area contributed by atoms with Gasteiger partial charge in [0.05, 0.1) is 16.8 Å². The van der Waals surface area contributed by atoms with Crippen LogP contribution in [0.3, 0.4) is 0 Å². The Morgan fingerprint density at radius 1 is 1.07 bits per heavy atom. The van der Waals surface area contributed by atoms with Crippen molar-refractivity contribution < 1.29 is 26.3 Å². The van der Waals surface area contributed by atoms with E-state index < -0.39 is 22.1 Å². The largest absolute Gasteiger partial charge is 0.573 e. The number of alkyl halides is 3. The molecule has 12 heteroatoms. The number of rotatable bonds is 5. The van der Waals surface area contributed by atoms with Gasteiger partial charge in [-0.2, -0.15) is 9.40 Å². The highest BCUT2D eigenvalue weighted by atomic mass is 32.2. The van der Waals surface area contributed by atoms with Crippen molar-refractivity contribution in [2.75, 3.05) is 50.1 Å². The second-order valence-electron chi connectivity index (χ2n) is 6.58. The van der Waals surface area contributed by atoms with Gasteiger partial charge in [0.2, 0.25) is 10.0 Å². The van der Waals surface area contributed by atoms with Crippen LogP contribution in [0.4, 0.5) is 24.7 Å². The van der Waals surface area contributed by atoms with Crippen LogP contribution < -0.4 is 14.5 Å². The minimum atomic E-state index is -4.83. The number of aromatic nitrogens is 2. The molecule has 1 aliphatic rings. The molecule has 0 aliphatic carbocycles. The van der Waals surface area contributed by atoms with Crippen LogP contribution in [-0.4, -0.2) is 69.6 Å². The lowest BCUT2D eigenvalue weighted by Crippen LogP contribution is -2.48. The maximum Gasteiger partial charge on any atom is 0.573 e. The standard InChI is InChI=1S/C17H20F3N5O3S/c1-23(2)16-11-13(12-21-22-16)24-7-9-25(10-8-24)29(26,27)15-5-3-14(4-6-15)28-17(18,19)20/h3-6,11-12H,7-10H2,1-2H3. The Balaban J connectivity index is 1.67. The number of sulfonamides is 1. The molecule has 1 fully saturated rings. The van der Waals surface area contributed by atoms with Gasteiger partial charge in [0.15, 0.2) is 5.82 Å². The molecular weight excluding hydrogens is 411 g/mol. The van der Waals surface area contributed by atoms with E-state index in [1.54, 1.807) is 6.20 Å². The fraction of sp³-hybridized carbons (Fsp3) is 0.412. The summed E-state index contributed by atoms with van der Waals surface area (Å²) in [6.45, 7) is 1.38. The van der Waals surface area contributed by atoms with E-state index >= 15 is 0 Å². The van der Waals surface area contributed by atoms with Crippen molar-refractivity contribution in [3.8, 4) is 5.75 Å². The van der Waals surface area contributed by atoms with E-state index in [0.29, 0.717) is 18.9 Å². The molecule has 0 radical (unpaired) electrons. The zero-order valence-corrected chi connectivity index (χ0v) is 16.6. The van der Waals surface area contributed by atoms with Gasteiger partial charge >= 0.3 is 6.36 Å². The first-order valence-corrected chi connectivity index (χ1v) is 10.1. The third-order valence-corrected chi connectivity index (χ3v) is 6.30. The van der Waals surface area contributed by atoms with Crippen LogP contribution in [0.15, 0.2) is 41.4 Å². The topological polar surface area (TPSA) is 78.9 Å². The number of piperazine rings is 1. The highest BCUT2D eigenvalue weighted by molar-refractivity contribution is 7.89. The van der Waals surface area contributed by atoms with E-state index in [0.717, 1.165) is 30.0 Å². The molecule has 0 unspecified atom stereocenters. The highest BCUT2D eigenvalue weighted by Crippen LogP contribution is 2.26. The van der Waals surface area contributed by atoms with Crippen molar-refractivity contribution in [3.63, 3.8) is 0 Å². The molecule has 0 N–H and O–H groups in total.